The molecule has 0 unspecified atom stereocenters. The van der Waals surface area contributed by atoms with E-state index < -0.39 is 6.10 Å². The standard InChI is InChI=1S/C7H12O3/c1-2-10-7(9)5-3-4-6(5)8/h5-6,8H,2-4H2,1H3/t5-,6+/m0/s1. The third kappa shape index (κ3) is 1.29. The Bertz CT molecular complexity index is 133. The maximum absolute atomic E-state index is 10.9. The van der Waals surface area contributed by atoms with Gasteiger partial charge in [0.15, 0.2) is 0 Å². The van der Waals surface area contributed by atoms with Crippen molar-refractivity contribution >= 4 is 5.97 Å². The molecule has 1 aliphatic carbocycles. The molecule has 1 fully saturated rings. The number of hydrogen-bond acceptors (Lipinski definition) is 3. The van der Waals surface area contributed by atoms with E-state index in [-0.39, 0.29) is 11.9 Å². The normalized spacial score (nSPS) is 31.0. The number of aliphatic hydroxyl groups excluding tert-OH is 1. The SMILES string of the molecule is CCOC(=O)[C@H]1CC[C@H]1O. The zero-order valence-electron chi connectivity index (χ0n) is 6.04. The lowest BCUT2D eigenvalue weighted by atomic mass is 9.82. The van der Waals surface area contributed by atoms with Gasteiger partial charge in [-0.05, 0) is 19.8 Å². The van der Waals surface area contributed by atoms with E-state index >= 15 is 0 Å². The Kier molecular flexibility index (Phi) is 2.27. The van der Waals surface area contributed by atoms with Gasteiger partial charge >= 0.3 is 5.97 Å². The van der Waals surface area contributed by atoms with Gasteiger partial charge in [0.05, 0.1) is 18.6 Å². The van der Waals surface area contributed by atoms with Gasteiger partial charge in [-0.3, -0.25) is 4.79 Å². The summed E-state index contributed by atoms with van der Waals surface area (Å²) >= 11 is 0. The molecule has 0 aromatic carbocycles. The molecule has 0 radical (unpaired) electrons. The van der Waals surface area contributed by atoms with Gasteiger partial charge < -0.3 is 9.84 Å². The first kappa shape index (κ1) is 7.54. The Balaban J connectivity index is 2.27. The zero-order chi connectivity index (χ0) is 7.56. The lowest BCUT2D eigenvalue weighted by Crippen LogP contribution is -2.38. The van der Waals surface area contributed by atoms with Gasteiger partial charge in [-0.15, -0.1) is 0 Å². The summed E-state index contributed by atoms with van der Waals surface area (Å²) in [4.78, 5) is 10.9. The van der Waals surface area contributed by atoms with E-state index in [4.69, 9.17) is 9.84 Å². The molecular weight excluding hydrogens is 132 g/mol. The monoisotopic (exact) mass is 144 g/mol. The van der Waals surface area contributed by atoms with Crippen LogP contribution in [0.1, 0.15) is 19.8 Å². The van der Waals surface area contributed by atoms with Crippen molar-refractivity contribution in [2.75, 3.05) is 6.61 Å². The van der Waals surface area contributed by atoms with E-state index in [9.17, 15) is 4.79 Å². The summed E-state index contributed by atoms with van der Waals surface area (Å²) in [6, 6.07) is 0. The van der Waals surface area contributed by atoms with Crippen molar-refractivity contribution < 1.29 is 14.6 Å². The zero-order valence-corrected chi connectivity index (χ0v) is 6.04. The molecule has 0 heterocycles. The maximum atomic E-state index is 10.9. The van der Waals surface area contributed by atoms with Crippen LogP contribution in [0.3, 0.4) is 0 Å². The lowest BCUT2D eigenvalue weighted by Gasteiger charge is -2.29. The highest BCUT2D eigenvalue weighted by atomic mass is 16.5. The molecule has 1 aliphatic rings. The van der Waals surface area contributed by atoms with Crippen LogP contribution in [0.2, 0.25) is 0 Å². The molecular formula is C7H12O3. The average molecular weight is 144 g/mol. The van der Waals surface area contributed by atoms with Crippen LogP contribution in [0.15, 0.2) is 0 Å². The van der Waals surface area contributed by atoms with Crippen LogP contribution in [0, 0.1) is 5.92 Å². The second kappa shape index (κ2) is 3.01. The summed E-state index contributed by atoms with van der Waals surface area (Å²) in [5.41, 5.74) is 0. The van der Waals surface area contributed by atoms with Gasteiger partial charge in [0, 0.05) is 0 Å². The molecule has 1 saturated carbocycles. The summed E-state index contributed by atoms with van der Waals surface area (Å²) in [6.45, 7) is 2.17. The minimum Gasteiger partial charge on any atom is -0.466 e. The Morgan fingerprint density at radius 3 is 2.70 bits per heavy atom. The molecule has 1 N–H and O–H groups in total. The van der Waals surface area contributed by atoms with E-state index in [1.165, 1.54) is 0 Å². The fourth-order valence-corrected chi connectivity index (χ4v) is 1.01. The molecule has 58 valence electrons. The fourth-order valence-electron chi connectivity index (χ4n) is 1.01. The van der Waals surface area contributed by atoms with Crippen LogP contribution in [-0.2, 0) is 9.53 Å². The highest BCUT2D eigenvalue weighted by Gasteiger charge is 2.35. The van der Waals surface area contributed by atoms with Crippen LogP contribution < -0.4 is 0 Å². The summed E-state index contributed by atoms with van der Waals surface area (Å²) in [6.07, 6.45) is 1.07. The van der Waals surface area contributed by atoms with Crippen LogP contribution in [0.4, 0.5) is 0 Å². The van der Waals surface area contributed by atoms with Crippen LogP contribution in [-0.4, -0.2) is 23.8 Å². The van der Waals surface area contributed by atoms with Gasteiger partial charge in [-0.25, -0.2) is 0 Å². The Morgan fingerprint density at radius 1 is 1.70 bits per heavy atom. The second-order valence-electron chi connectivity index (χ2n) is 2.50. The molecule has 0 spiro atoms. The van der Waals surface area contributed by atoms with E-state index in [2.05, 4.69) is 0 Å². The number of hydrogen-bond donors (Lipinski definition) is 1. The number of carbonyl (C=O) groups excluding carboxylic acids is 1. The Morgan fingerprint density at radius 2 is 2.40 bits per heavy atom. The number of ether oxygens (including phenoxy) is 1. The summed E-state index contributed by atoms with van der Waals surface area (Å²) in [7, 11) is 0. The maximum Gasteiger partial charge on any atom is 0.311 e. The third-order valence-electron chi connectivity index (χ3n) is 1.83. The van der Waals surface area contributed by atoms with Crippen molar-refractivity contribution in [1.29, 1.82) is 0 Å². The smallest absolute Gasteiger partial charge is 0.311 e. The quantitative estimate of drug-likeness (QED) is 0.568. The first-order valence-corrected chi connectivity index (χ1v) is 3.60. The molecule has 0 aliphatic heterocycles. The molecule has 1 rings (SSSR count). The van der Waals surface area contributed by atoms with Crippen LogP contribution in [0.25, 0.3) is 0 Å². The summed E-state index contributed by atoms with van der Waals surface area (Å²) < 4.78 is 4.72. The number of carbonyl (C=O) groups is 1. The number of esters is 1. The molecule has 3 nitrogen and oxygen atoms in total. The summed E-state index contributed by atoms with van der Waals surface area (Å²) in [5, 5.41) is 9.00. The van der Waals surface area contributed by atoms with Crippen molar-refractivity contribution in [3.05, 3.63) is 0 Å². The van der Waals surface area contributed by atoms with Crippen molar-refractivity contribution in [3.63, 3.8) is 0 Å². The van der Waals surface area contributed by atoms with E-state index in [0.717, 1.165) is 12.8 Å². The fraction of sp³-hybridized carbons (Fsp3) is 0.857. The minimum atomic E-state index is -0.445. The molecule has 0 bridgehead atoms. The highest BCUT2D eigenvalue weighted by Crippen LogP contribution is 2.27. The van der Waals surface area contributed by atoms with Gasteiger partial charge in [0.25, 0.3) is 0 Å². The molecule has 3 heteroatoms. The first-order valence-electron chi connectivity index (χ1n) is 3.60. The van der Waals surface area contributed by atoms with Crippen molar-refractivity contribution in [1.82, 2.24) is 0 Å². The van der Waals surface area contributed by atoms with E-state index in [1.54, 1.807) is 6.92 Å². The Hall–Kier alpha value is -0.570. The van der Waals surface area contributed by atoms with Gasteiger partial charge in [0.1, 0.15) is 0 Å². The molecule has 2 atom stereocenters. The van der Waals surface area contributed by atoms with Crippen LogP contribution >= 0.6 is 0 Å². The number of aliphatic hydroxyl groups is 1. The average Bonchev–Trinajstić information content (AvgIpc) is 1.85. The van der Waals surface area contributed by atoms with Crippen molar-refractivity contribution in [2.45, 2.75) is 25.9 Å². The van der Waals surface area contributed by atoms with Gasteiger partial charge in [-0.2, -0.15) is 0 Å². The Labute approximate surface area is 60.0 Å². The third-order valence-corrected chi connectivity index (χ3v) is 1.83. The largest absolute Gasteiger partial charge is 0.466 e. The second-order valence-corrected chi connectivity index (χ2v) is 2.50. The summed E-state index contributed by atoms with van der Waals surface area (Å²) in [5.74, 6) is -0.485. The molecule has 0 amide bonds. The predicted molar refractivity (Wildman–Crippen MR) is 35.4 cm³/mol. The molecule has 10 heavy (non-hydrogen) atoms. The van der Waals surface area contributed by atoms with E-state index in [1.807, 2.05) is 0 Å². The molecule has 0 aromatic heterocycles. The molecule has 0 aromatic rings. The highest BCUT2D eigenvalue weighted by molar-refractivity contribution is 5.74. The topological polar surface area (TPSA) is 46.5 Å². The minimum absolute atomic E-state index is 0.236. The predicted octanol–water partition coefficient (Wildman–Crippen LogP) is 0.320. The van der Waals surface area contributed by atoms with Crippen LogP contribution in [0.5, 0.6) is 0 Å². The van der Waals surface area contributed by atoms with Gasteiger partial charge in [-0.1, -0.05) is 0 Å². The van der Waals surface area contributed by atoms with Crippen molar-refractivity contribution in [2.24, 2.45) is 5.92 Å². The van der Waals surface area contributed by atoms with Crippen molar-refractivity contribution in [3.8, 4) is 0 Å². The lowest BCUT2D eigenvalue weighted by molar-refractivity contribution is -0.157. The molecule has 0 saturated heterocycles. The van der Waals surface area contributed by atoms with Gasteiger partial charge in [0.2, 0.25) is 0 Å². The number of rotatable bonds is 2. The van der Waals surface area contributed by atoms with E-state index in [0.29, 0.717) is 6.61 Å². The first-order chi connectivity index (χ1) is 4.75.